The van der Waals surface area contributed by atoms with Crippen molar-refractivity contribution in [1.29, 1.82) is 0 Å². The van der Waals surface area contributed by atoms with Gasteiger partial charge in [-0.05, 0) is 36.6 Å². The summed E-state index contributed by atoms with van der Waals surface area (Å²) in [5.74, 6) is -1.03. The van der Waals surface area contributed by atoms with Gasteiger partial charge in [-0.1, -0.05) is 37.6 Å². The molecule has 112 valence electrons. The van der Waals surface area contributed by atoms with Crippen LogP contribution in [0.15, 0.2) is 30.3 Å². The third-order valence-electron chi connectivity index (χ3n) is 3.50. The monoisotopic (exact) mass is 289 g/mol. The van der Waals surface area contributed by atoms with Crippen LogP contribution in [0.2, 0.25) is 0 Å². The fourth-order valence-electron chi connectivity index (χ4n) is 2.27. The van der Waals surface area contributed by atoms with Crippen molar-refractivity contribution in [3.05, 3.63) is 58.7 Å². The highest BCUT2D eigenvalue weighted by Gasteiger charge is 2.13. The molecule has 0 fully saturated rings. The molecule has 21 heavy (non-hydrogen) atoms. The van der Waals surface area contributed by atoms with Gasteiger partial charge in [-0.15, -0.1) is 0 Å². The number of nitrogens with one attached hydrogen (secondary N) is 1. The van der Waals surface area contributed by atoms with Gasteiger partial charge in [0.15, 0.2) is 0 Å². The van der Waals surface area contributed by atoms with Gasteiger partial charge in [-0.25, -0.2) is 8.78 Å². The summed E-state index contributed by atoms with van der Waals surface area (Å²) in [5, 5.41) is 3.34. The Kier molecular flexibility index (Phi) is 4.73. The molecule has 0 saturated heterocycles. The van der Waals surface area contributed by atoms with Crippen molar-refractivity contribution < 1.29 is 8.78 Å². The van der Waals surface area contributed by atoms with Crippen LogP contribution in [0.5, 0.6) is 0 Å². The molecule has 2 aromatic rings. The van der Waals surface area contributed by atoms with Crippen LogP contribution in [0, 0.1) is 25.5 Å². The fraction of sp³-hybridized carbons (Fsp3) is 0.333. The van der Waals surface area contributed by atoms with E-state index in [1.807, 2.05) is 25.1 Å². The Morgan fingerprint density at radius 3 is 2.33 bits per heavy atom. The maximum absolute atomic E-state index is 14.2. The normalized spacial score (nSPS) is 11.2. The highest BCUT2D eigenvalue weighted by atomic mass is 19.1. The summed E-state index contributed by atoms with van der Waals surface area (Å²) in [6, 6.07) is 8.85. The SMILES string of the molecule is Cc1ccc(CNC(C)C)c(-c2cc(C)c(F)cc2F)c1. The molecule has 0 radical (unpaired) electrons. The minimum atomic E-state index is -0.519. The van der Waals surface area contributed by atoms with Gasteiger partial charge >= 0.3 is 0 Å². The van der Waals surface area contributed by atoms with E-state index in [0.29, 0.717) is 23.7 Å². The summed E-state index contributed by atoms with van der Waals surface area (Å²) in [4.78, 5) is 0. The second-order valence-corrected chi connectivity index (χ2v) is 5.78. The minimum Gasteiger partial charge on any atom is -0.310 e. The Bertz CT molecular complexity index is 648. The Balaban J connectivity index is 2.51. The number of halogens is 2. The molecule has 0 aliphatic rings. The lowest BCUT2D eigenvalue weighted by Crippen LogP contribution is -2.22. The van der Waals surface area contributed by atoms with Gasteiger partial charge in [0.2, 0.25) is 0 Å². The van der Waals surface area contributed by atoms with Gasteiger partial charge in [0.05, 0.1) is 0 Å². The molecule has 0 aliphatic heterocycles. The molecule has 1 N–H and O–H groups in total. The van der Waals surface area contributed by atoms with E-state index < -0.39 is 11.6 Å². The molecule has 1 nitrogen and oxygen atoms in total. The number of rotatable bonds is 4. The zero-order chi connectivity index (χ0) is 15.6. The molecule has 0 saturated carbocycles. The van der Waals surface area contributed by atoms with E-state index in [-0.39, 0.29) is 0 Å². The number of aryl methyl sites for hydroxylation is 2. The predicted molar refractivity (Wildman–Crippen MR) is 83.2 cm³/mol. The fourth-order valence-corrected chi connectivity index (χ4v) is 2.27. The van der Waals surface area contributed by atoms with E-state index in [9.17, 15) is 8.78 Å². The van der Waals surface area contributed by atoms with Crippen LogP contribution < -0.4 is 5.32 Å². The molecule has 0 aromatic heterocycles. The summed E-state index contributed by atoms with van der Waals surface area (Å²) < 4.78 is 27.6. The van der Waals surface area contributed by atoms with Crippen molar-refractivity contribution in [3.63, 3.8) is 0 Å². The highest BCUT2D eigenvalue weighted by molar-refractivity contribution is 5.69. The van der Waals surface area contributed by atoms with E-state index in [1.54, 1.807) is 13.0 Å². The molecule has 2 aromatic carbocycles. The van der Waals surface area contributed by atoms with Gasteiger partial charge in [0, 0.05) is 24.2 Å². The Hall–Kier alpha value is -1.74. The number of hydrogen-bond donors (Lipinski definition) is 1. The second-order valence-electron chi connectivity index (χ2n) is 5.78. The van der Waals surface area contributed by atoms with Crippen LogP contribution in [-0.4, -0.2) is 6.04 Å². The Morgan fingerprint density at radius 1 is 0.952 bits per heavy atom. The largest absolute Gasteiger partial charge is 0.310 e. The number of benzene rings is 2. The molecule has 3 heteroatoms. The molecule has 2 rings (SSSR count). The van der Waals surface area contributed by atoms with Gasteiger partial charge in [-0.2, -0.15) is 0 Å². The summed E-state index contributed by atoms with van der Waals surface area (Å²) in [5.41, 5.74) is 3.80. The summed E-state index contributed by atoms with van der Waals surface area (Å²) in [6.07, 6.45) is 0. The zero-order valence-corrected chi connectivity index (χ0v) is 12.9. The van der Waals surface area contributed by atoms with Gasteiger partial charge in [0.1, 0.15) is 11.6 Å². The van der Waals surface area contributed by atoms with E-state index in [4.69, 9.17) is 0 Å². The van der Waals surface area contributed by atoms with Crippen LogP contribution in [0.3, 0.4) is 0 Å². The third kappa shape index (κ3) is 3.67. The molecular formula is C18H21F2N. The van der Waals surface area contributed by atoms with Crippen molar-refractivity contribution in [3.8, 4) is 11.1 Å². The topological polar surface area (TPSA) is 12.0 Å². The second kappa shape index (κ2) is 6.35. The van der Waals surface area contributed by atoms with E-state index in [2.05, 4.69) is 19.2 Å². The Morgan fingerprint density at radius 2 is 1.67 bits per heavy atom. The van der Waals surface area contributed by atoms with Crippen LogP contribution in [-0.2, 0) is 6.54 Å². The van der Waals surface area contributed by atoms with Gasteiger partial charge < -0.3 is 5.32 Å². The first-order valence-electron chi connectivity index (χ1n) is 7.17. The average molecular weight is 289 g/mol. The average Bonchev–Trinajstić information content (AvgIpc) is 2.41. The van der Waals surface area contributed by atoms with Crippen LogP contribution in [0.4, 0.5) is 8.78 Å². The number of hydrogen-bond acceptors (Lipinski definition) is 1. The van der Waals surface area contributed by atoms with Gasteiger partial charge in [0.25, 0.3) is 0 Å². The molecular weight excluding hydrogens is 268 g/mol. The maximum atomic E-state index is 14.2. The lowest BCUT2D eigenvalue weighted by atomic mass is 9.95. The summed E-state index contributed by atoms with van der Waals surface area (Å²) in [7, 11) is 0. The first-order chi connectivity index (χ1) is 9.88. The first kappa shape index (κ1) is 15.6. The summed E-state index contributed by atoms with van der Waals surface area (Å²) >= 11 is 0. The van der Waals surface area contributed by atoms with Gasteiger partial charge in [-0.3, -0.25) is 0 Å². The zero-order valence-electron chi connectivity index (χ0n) is 12.9. The molecule has 0 bridgehead atoms. The first-order valence-corrected chi connectivity index (χ1v) is 7.17. The molecule has 0 heterocycles. The minimum absolute atomic E-state index is 0.346. The molecule has 0 unspecified atom stereocenters. The molecule has 0 atom stereocenters. The third-order valence-corrected chi connectivity index (χ3v) is 3.50. The van der Waals surface area contributed by atoms with E-state index in [0.717, 1.165) is 22.8 Å². The summed E-state index contributed by atoms with van der Waals surface area (Å²) in [6.45, 7) is 8.41. The molecule has 0 spiro atoms. The van der Waals surface area contributed by atoms with E-state index >= 15 is 0 Å². The maximum Gasteiger partial charge on any atom is 0.133 e. The standard InChI is InChI=1S/C18H21F2N/c1-11(2)21-10-14-6-5-12(3)7-15(14)16-8-13(4)17(19)9-18(16)20/h5-9,11,21H,10H2,1-4H3. The molecule has 0 aliphatic carbocycles. The van der Waals surface area contributed by atoms with Crippen LogP contribution in [0.1, 0.15) is 30.5 Å². The Labute approximate surface area is 125 Å². The van der Waals surface area contributed by atoms with Crippen molar-refractivity contribution in [2.75, 3.05) is 0 Å². The van der Waals surface area contributed by atoms with Crippen LogP contribution in [0.25, 0.3) is 11.1 Å². The van der Waals surface area contributed by atoms with Crippen LogP contribution >= 0.6 is 0 Å². The highest BCUT2D eigenvalue weighted by Crippen LogP contribution is 2.29. The van der Waals surface area contributed by atoms with E-state index in [1.165, 1.54) is 0 Å². The van der Waals surface area contributed by atoms with Crippen molar-refractivity contribution in [1.82, 2.24) is 5.32 Å². The van der Waals surface area contributed by atoms with Crippen molar-refractivity contribution in [2.24, 2.45) is 0 Å². The quantitative estimate of drug-likeness (QED) is 0.856. The molecule has 0 amide bonds. The van der Waals surface area contributed by atoms with Crippen molar-refractivity contribution in [2.45, 2.75) is 40.3 Å². The lowest BCUT2D eigenvalue weighted by Gasteiger charge is -2.15. The lowest BCUT2D eigenvalue weighted by molar-refractivity contribution is 0.578. The van der Waals surface area contributed by atoms with Crippen molar-refractivity contribution >= 4 is 0 Å². The predicted octanol–water partition coefficient (Wildman–Crippen LogP) is 4.75. The smallest absolute Gasteiger partial charge is 0.133 e.